The molecule has 2 nitrogen and oxygen atoms in total. The van der Waals surface area contributed by atoms with Gasteiger partial charge in [-0.05, 0) is 44.6 Å². The Morgan fingerprint density at radius 3 is 2.93 bits per heavy atom. The van der Waals surface area contributed by atoms with Crippen molar-refractivity contribution in [3.8, 4) is 0 Å². The molecule has 0 aromatic rings. The van der Waals surface area contributed by atoms with E-state index in [0.29, 0.717) is 12.6 Å². The van der Waals surface area contributed by atoms with E-state index in [4.69, 9.17) is 0 Å². The Bertz CT molecular complexity index is 202. The van der Waals surface area contributed by atoms with Crippen molar-refractivity contribution in [1.29, 1.82) is 0 Å². The molecule has 2 aliphatic rings. The van der Waals surface area contributed by atoms with E-state index < -0.39 is 0 Å². The van der Waals surface area contributed by atoms with Crippen molar-refractivity contribution >= 4 is 0 Å². The van der Waals surface area contributed by atoms with Crippen LogP contribution in [0.5, 0.6) is 0 Å². The first-order chi connectivity index (χ1) is 6.90. The van der Waals surface area contributed by atoms with E-state index in [9.17, 15) is 5.11 Å². The quantitative estimate of drug-likeness (QED) is 0.694. The lowest BCUT2D eigenvalue weighted by Gasteiger charge is -2.28. The molecular weight excluding hydrogens is 174 g/mol. The standard InChI is InChI=1S/C12H21NO/c14-10-12-7-4-8-13(12)9-11-5-2-1-3-6-11/h1-2,11-12,14H,3-10H2/t11?,12-/m1/s1. The number of likely N-dealkylation sites (tertiary alicyclic amines) is 1. The van der Waals surface area contributed by atoms with Crippen LogP contribution in [0.15, 0.2) is 12.2 Å². The molecule has 0 aromatic heterocycles. The largest absolute Gasteiger partial charge is 0.395 e. The van der Waals surface area contributed by atoms with Crippen LogP contribution in [0, 0.1) is 5.92 Å². The predicted octanol–water partition coefficient (Wildman–Crippen LogP) is 1.80. The van der Waals surface area contributed by atoms with Crippen molar-refractivity contribution in [1.82, 2.24) is 4.90 Å². The maximum absolute atomic E-state index is 9.21. The van der Waals surface area contributed by atoms with Gasteiger partial charge in [-0.2, -0.15) is 0 Å². The molecule has 2 heteroatoms. The summed E-state index contributed by atoms with van der Waals surface area (Å²) in [6.45, 7) is 2.75. The Labute approximate surface area is 86.6 Å². The minimum absolute atomic E-state index is 0.350. The normalized spacial score (nSPS) is 33.8. The Hall–Kier alpha value is -0.340. The highest BCUT2D eigenvalue weighted by Crippen LogP contribution is 2.24. The van der Waals surface area contributed by atoms with Gasteiger partial charge in [0.2, 0.25) is 0 Å². The minimum Gasteiger partial charge on any atom is -0.395 e. The SMILES string of the molecule is OC[C@H]1CCCN1CC1CC=CCC1. The molecular formula is C12H21NO. The van der Waals surface area contributed by atoms with E-state index in [-0.39, 0.29) is 0 Å². The Balaban J connectivity index is 1.81. The molecule has 0 bridgehead atoms. The van der Waals surface area contributed by atoms with Gasteiger partial charge >= 0.3 is 0 Å². The second-order valence-corrected chi connectivity index (χ2v) is 4.62. The van der Waals surface area contributed by atoms with Crippen LogP contribution in [0.2, 0.25) is 0 Å². The summed E-state index contributed by atoms with van der Waals surface area (Å²) in [7, 11) is 0. The molecule has 1 unspecified atom stereocenters. The minimum atomic E-state index is 0.350. The summed E-state index contributed by atoms with van der Waals surface area (Å²) in [5.41, 5.74) is 0. The fourth-order valence-corrected chi connectivity index (χ4v) is 2.70. The van der Waals surface area contributed by atoms with Gasteiger partial charge in [-0.3, -0.25) is 4.90 Å². The third kappa shape index (κ3) is 2.37. The number of aliphatic hydroxyl groups excluding tert-OH is 1. The molecule has 0 aromatic carbocycles. The molecule has 1 N–H and O–H groups in total. The first-order valence-corrected chi connectivity index (χ1v) is 5.90. The van der Waals surface area contributed by atoms with E-state index >= 15 is 0 Å². The van der Waals surface area contributed by atoms with Crippen molar-refractivity contribution in [2.45, 2.75) is 38.1 Å². The third-order valence-corrected chi connectivity index (χ3v) is 3.58. The fraction of sp³-hybridized carbons (Fsp3) is 0.833. The van der Waals surface area contributed by atoms with Crippen LogP contribution >= 0.6 is 0 Å². The third-order valence-electron chi connectivity index (χ3n) is 3.58. The molecule has 1 saturated heterocycles. The van der Waals surface area contributed by atoms with Gasteiger partial charge in [-0.1, -0.05) is 12.2 Å². The lowest BCUT2D eigenvalue weighted by Crippen LogP contribution is -2.36. The molecule has 2 rings (SSSR count). The van der Waals surface area contributed by atoms with E-state index in [2.05, 4.69) is 17.1 Å². The van der Waals surface area contributed by atoms with Crippen molar-refractivity contribution in [2.24, 2.45) is 5.92 Å². The molecule has 1 heterocycles. The fourth-order valence-electron chi connectivity index (χ4n) is 2.70. The van der Waals surface area contributed by atoms with E-state index in [1.165, 1.54) is 45.2 Å². The molecule has 0 saturated carbocycles. The topological polar surface area (TPSA) is 23.5 Å². The van der Waals surface area contributed by atoms with Crippen molar-refractivity contribution in [3.05, 3.63) is 12.2 Å². The predicted molar refractivity (Wildman–Crippen MR) is 58.2 cm³/mol. The summed E-state index contributed by atoms with van der Waals surface area (Å²) in [6, 6.07) is 0.459. The van der Waals surface area contributed by atoms with Crippen molar-refractivity contribution in [2.75, 3.05) is 19.7 Å². The molecule has 2 atom stereocenters. The van der Waals surface area contributed by atoms with Gasteiger partial charge in [0, 0.05) is 12.6 Å². The van der Waals surface area contributed by atoms with E-state index in [1.807, 2.05) is 0 Å². The summed E-state index contributed by atoms with van der Waals surface area (Å²) in [5, 5.41) is 9.21. The number of allylic oxidation sites excluding steroid dienone is 2. The molecule has 14 heavy (non-hydrogen) atoms. The van der Waals surface area contributed by atoms with E-state index in [0.717, 1.165) is 5.92 Å². The Morgan fingerprint density at radius 1 is 1.29 bits per heavy atom. The van der Waals surface area contributed by atoms with Crippen molar-refractivity contribution < 1.29 is 5.11 Å². The molecule has 0 radical (unpaired) electrons. The monoisotopic (exact) mass is 195 g/mol. The highest BCUT2D eigenvalue weighted by Gasteiger charge is 2.25. The van der Waals surface area contributed by atoms with Crippen LogP contribution < -0.4 is 0 Å². The lowest BCUT2D eigenvalue weighted by molar-refractivity contribution is 0.139. The second-order valence-electron chi connectivity index (χ2n) is 4.62. The summed E-state index contributed by atoms with van der Waals surface area (Å²) in [4.78, 5) is 2.49. The van der Waals surface area contributed by atoms with Crippen LogP contribution in [-0.2, 0) is 0 Å². The van der Waals surface area contributed by atoms with Gasteiger partial charge in [-0.15, -0.1) is 0 Å². The van der Waals surface area contributed by atoms with Gasteiger partial charge in [0.15, 0.2) is 0 Å². The molecule has 80 valence electrons. The number of hydrogen-bond donors (Lipinski definition) is 1. The second kappa shape index (κ2) is 4.94. The van der Waals surface area contributed by atoms with Gasteiger partial charge in [0.25, 0.3) is 0 Å². The van der Waals surface area contributed by atoms with Gasteiger partial charge in [-0.25, -0.2) is 0 Å². The smallest absolute Gasteiger partial charge is 0.0586 e. The zero-order valence-corrected chi connectivity index (χ0v) is 8.86. The first-order valence-electron chi connectivity index (χ1n) is 5.90. The number of nitrogens with zero attached hydrogens (tertiary/aromatic N) is 1. The first kappa shape index (κ1) is 10.2. The van der Waals surface area contributed by atoms with Crippen LogP contribution in [-0.4, -0.2) is 35.7 Å². The van der Waals surface area contributed by atoms with Gasteiger partial charge < -0.3 is 5.11 Å². The average molecular weight is 195 g/mol. The van der Waals surface area contributed by atoms with Crippen LogP contribution in [0.3, 0.4) is 0 Å². The Kier molecular flexibility index (Phi) is 3.60. The summed E-state index contributed by atoms with van der Waals surface area (Å²) < 4.78 is 0. The number of hydrogen-bond acceptors (Lipinski definition) is 2. The van der Waals surface area contributed by atoms with Crippen LogP contribution in [0.1, 0.15) is 32.1 Å². The number of aliphatic hydroxyl groups is 1. The molecule has 1 aliphatic carbocycles. The molecule has 1 fully saturated rings. The van der Waals surface area contributed by atoms with E-state index in [1.54, 1.807) is 0 Å². The highest BCUT2D eigenvalue weighted by atomic mass is 16.3. The average Bonchev–Trinajstić information content (AvgIpc) is 2.67. The molecule has 0 spiro atoms. The van der Waals surface area contributed by atoms with Gasteiger partial charge in [0.05, 0.1) is 6.61 Å². The highest BCUT2D eigenvalue weighted by molar-refractivity contribution is 4.92. The summed E-state index contributed by atoms with van der Waals surface area (Å²) in [5.74, 6) is 0.840. The zero-order valence-electron chi connectivity index (χ0n) is 8.86. The lowest BCUT2D eigenvalue weighted by atomic mass is 9.94. The zero-order chi connectivity index (χ0) is 9.80. The maximum Gasteiger partial charge on any atom is 0.0586 e. The number of rotatable bonds is 3. The molecule has 1 aliphatic heterocycles. The van der Waals surface area contributed by atoms with Crippen molar-refractivity contribution in [3.63, 3.8) is 0 Å². The van der Waals surface area contributed by atoms with Crippen LogP contribution in [0.25, 0.3) is 0 Å². The maximum atomic E-state index is 9.21. The summed E-state index contributed by atoms with van der Waals surface area (Å²) in [6.07, 6.45) is 10.9. The molecule has 0 amide bonds. The van der Waals surface area contributed by atoms with Crippen LogP contribution in [0.4, 0.5) is 0 Å². The van der Waals surface area contributed by atoms with Gasteiger partial charge in [0.1, 0.15) is 0 Å². The summed E-state index contributed by atoms with van der Waals surface area (Å²) >= 11 is 0. The Morgan fingerprint density at radius 2 is 2.21 bits per heavy atom.